The average molecular weight is 204 g/mol. The van der Waals surface area contributed by atoms with Crippen LogP contribution in [0.3, 0.4) is 0 Å². The number of rotatable bonds is 0. The molecule has 0 aromatic carbocycles. The number of hydrogen-bond acceptors (Lipinski definition) is 5. The second kappa shape index (κ2) is 3.47. The topological polar surface area (TPSA) is 64.7 Å². The number of aromatic nitrogens is 2. The summed E-state index contributed by atoms with van der Waals surface area (Å²) in [6.07, 6.45) is 3.24. The minimum Gasteiger partial charge on any atom is -0.378 e. The van der Waals surface area contributed by atoms with Crippen LogP contribution in [0.5, 0.6) is 0 Å². The van der Waals surface area contributed by atoms with E-state index in [1.165, 1.54) is 6.33 Å². The lowest BCUT2D eigenvalue weighted by Gasteiger charge is -2.27. The lowest BCUT2D eigenvalue weighted by atomic mass is 10.2. The molecule has 3 rings (SSSR count). The Hall–Kier alpha value is -1.69. The maximum absolute atomic E-state index is 5.29. The van der Waals surface area contributed by atoms with Crippen LogP contribution in [0.2, 0.25) is 0 Å². The van der Waals surface area contributed by atoms with E-state index >= 15 is 0 Å². The highest BCUT2D eigenvalue weighted by Crippen LogP contribution is 2.20. The first-order chi connectivity index (χ1) is 7.45. The quantitative estimate of drug-likeness (QED) is 0.583. The number of ether oxygens (including phenoxy) is 1. The summed E-state index contributed by atoms with van der Waals surface area (Å²) in [7, 11) is 0. The van der Waals surface area contributed by atoms with Crippen LogP contribution >= 0.6 is 0 Å². The fraction of sp³-hybridized carbons (Fsp3) is 0.444. The zero-order valence-corrected chi connectivity index (χ0v) is 8.13. The van der Waals surface area contributed by atoms with Gasteiger partial charge in [0.15, 0.2) is 11.7 Å². The first-order valence-electron chi connectivity index (χ1n) is 4.87. The van der Waals surface area contributed by atoms with Gasteiger partial charge in [0, 0.05) is 19.3 Å². The molecule has 0 unspecified atom stereocenters. The predicted octanol–water partition coefficient (Wildman–Crippen LogP) is -0.280. The molecule has 0 saturated carbocycles. The molecular weight excluding hydrogens is 194 g/mol. The molecule has 1 saturated heterocycles. The summed E-state index contributed by atoms with van der Waals surface area (Å²) in [5.74, 6) is 1.53. The van der Waals surface area contributed by atoms with E-state index in [1.54, 1.807) is 6.20 Å². The summed E-state index contributed by atoms with van der Waals surface area (Å²) in [5, 5.41) is 4.14. The summed E-state index contributed by atoms with van der Waals surface area (Å²) in [6.45, 7) is 3.18. The van der Waals surface area contributed by atoms with Crippen molar-refractivity contribution in [1.82, 2.24) is 20.3 Å². The van der Waals surface area contributed by atoms with Gasteiger partial charge in [-0.1, -0.05) is 0 Å². The van der Waals surface area contributed by atoms with Crippen LogP contribution in [0.25, 0.3) is 0 Å². The Labute approximate surface area is 87.0 Å². The molecule has 1 aromatic heterocycles. The zero-order chi connectivity index (χ0) is 10.1. The van der Waals surface area contributed by atoms with Gasteiger partial charge < -0.3 is 9.64 Å². The number of morpholine rings is 1. The van der Waals surface area contributed by atoms with Gasteiger partial charge in [-0.2, -0.15) is 0 Å². The SMILES string of the molecule is c1ncc2c(n1)[N]N=C2N1CCOCC1. The third kappa shape index (κ3) is 1.42. The van der Waals surface area contributed by atoms with Crippen LogP contribution in [0, 0.1) is 0 Å². The molecule has 0 bridgehead atoms. The summed E-state index contributed by atoms with van der Waals surface area (Å²) in [4.78, 5) is 10.2. The van der Waals surface area contributed by atoms with Crippen molar-refractivity contribution >= 4 is 11.7 Å². The number of amidine groups is 1. The first kappa shape index (κ1) is 8.60. The Bertz CT molecular complexity index is 399. The van der Waals surface area contributed by atoms with E-state index < -0.39 is 0 Å². The van der Waals surface area contributed by atoms with Gasteiger partial charge in [-0.05, 0) is 0 Å². The Balaban J connectivity index is 1.89. The van der Waals surface area contributed by atoms with E-state index in [0.717, 1.165) is 37.7 Å². The molecule has 3 heterocycles. The van der Waals surface area contributed by atoms with E-state index in [4.69, 9.17) is 4.74 Å². The van der Waals surface area contributed by atoms with E-state index in [0.29, 0.717) is 5.82 Å². The van der Waals surface area contributed by atoms with Crippen molar-refractivity contribution in [2.45, 2.75) is 0 Å². The van der Waals surface area contributed by atoms with Crippen LogP contribution in [-0.2, 0) is 4.74 Å². The molecule has 1 aromatic rings. The van der Waals surface area contributed by atoms with Gasteiger partial charge in [0.2, 0.25) is 0 Å². The molecule has 0 spiro atoms. The lowest BCUT2D eigenvalue weighted by molar-refractivity contribution is 0.0683. The van der Waals surface area contributed by atoms with Crippen molar-refractivity contribution in [1.29, 1.82) is 0 Å². The van der Waals surface area contributed by atoms with Crippen LogP contribution in [0.1, 0.15) is 5.56 Å². The third-order valence-corrected chi connectivity index (χ3v) is 2.48. The number of hydrogen-bond donors (Lipinski definition) is 0. The molecule has 1 fully saturated rings. The Morgan fingerprint density at radius 1 is 1.27 bits per heavy atom. The molecule has 0 atom stereocenters. The van der Waals surface area contributed by atoms with Crippen molar-refractivity contribution in [3.8, 4) is 0 Å². The summed E-state index contributed by atoms with van der Waals surface area (Å²) in [6, 6.07) is 0. The molecule has 2 aliphatic heterocycles. The van der Waals surface area contributed by atoms with Crippen molar-refractivity contribution in [2.24, 2.45) is 5.10 Å². The van der Waals surface area contributed by atoms with E-state index in [1.807, 2.05) is 0 Å². The minimum absolute atomic E-state index is 0.659. The molecule has 0 amide bonds. The number of fused-ring (bicyclic) bond motifs is 1. The van der Waals surface area contributed by atoms with Crippen LogP contribution in [-0.4, -0.2) is 47.0 Å². The fourth-order valence-electron chi connectivity index (χ4n) is 1.72. The standard InChI is InChI=1S/C9H10N5O/c1-3-15-4-2-14(1)9-7-5-10-6-11-8(7)12-13-9/h5-6H,1-4H2. The van der Waals surface area contributed by atoms with Crippen LogP contribution < -0.4 is 5.43 Å². The zero-order valence-electron chi connectivity index (χ0n) is 8.13. The molecule has 0 aliphatic carbocycles. The van der Waals surface area contributed by atoms with Gasteiger partial charge in [-0.15, -0.1) is 10.5 Å². The predicted molar refractivity (Wildman–Crippen MR) is 52.8 cm³/mol. The van der Waals surface area contributed by atoms with Gasteiger partial charge in [0.1, 0.15) is 6.33 Å². The van der Waals surface area contributed by atoms with Gasteiger partial charge >= 0.3 is 0 Å². The summed E-state index contributed by atoms with van der Waals surface area (Å²) < 4.78 is 5.29. The molecule has 77 valence electrons. The smallest absolute Gasteiger partial charge is 0.188 e. The molecule has 6 heteroatoms. The molecule has 1 radical (unpaired) electrons. The van der Waals surface area contributed by atoms with E-state index in [9.17, 15) is 0 Å². The fourth-order valence-corrected chi connectivity index (χ4v) is 1.72. The van der Waals surface area contributed by atoms with Crippen LogP contribution in [0.4, 0.5) is 5.82 Å². The highest BCUT2D eigenvalue weighted by atomic mass is 16.5. The monoisotopic (exact) mass is 204 g/mol. The highest BCUT2D eigenvalue weighted by Gasteiger charge is 2.25. The minimum atomic E-state index is 0.659. The summed E-state index contributed by atoms with van der Waals surface area (Å²) >= 11 is 0. The maximum atomic E-state index is 5.29. The molecule has 0 N–H and O–H groups in total. The van der Waals surface area contributed by atoms with E-state index in [-0.39, 0.29) is 0 Å². The van der Waals surface area contributed by atoms with Crippen LogP contribution in [0.15, 0.2) is 17.6 Å². The van der Waals surface area contributed by atoms with Gasteiger partial charge in [0.25, 0.3) is 0 Å². The summed E-state index contributed by atoms with van der Waals surface area (Å²) in [5.41, 5.74) is 4.93. The van der Waals surface area contributed by atoms with Crippen molar-refractivity contribution in [3.05, 3.63) is 18.1 Å². The second-order valence-electron chi connectivity index (χ2n) is 3.38. The van der Waals surface area contributed by atoms with Crippen molar-refractivity contribution in [3.63, 3.8) is 0 Å². The second-order valence-corrected chi connectivity index (χ2v) is 3.38. The van der Waals surface area contributed by atoms with Gasteiger partial charge in [-0.25, -0.2) is 9.97 Å². The Kier molecular flexibility index (Phi) is 1.99. The maximum Gasteiger partial charge on any atom is 0.188 e. The normalized spacial score (nSPS) is 19.5. The van der Waals surface area contributed by atoms with E-state index in [2.05, 4.69) is 25.4 Å². The molecule has 6 nitrogen and oxygen atoms in total. The first-order valence-corrected chi connectivity index (χ1v) is 4.87. The highest BCUT2D eigenvalue weighted by molar-refractivity contribution is 6.03. The van der Waals surface area contributed by atoms with Gasteiger partial charge in [0.05, 0.1) is 18.8 Å². The average Bonchev–Trinajstić information content (AvgIpc) is 2.74. The molecule has 2 aliphatic rings. The Morgan fingerprint density at radius 2 is 2.13 bits per heavy atom. The van der Waals surface area contributed by atoms with Gasteiger partial charge in [-0.3, -0.25) is 0 Å². The molecular formula is C9H10N5O. The lowest BCUT2D eigenvalue weighted by Crippen LogP contribution is -2.40. The van der Waals surface area contributed by atoms with Crippen molar-refractivity contribution in [2.75, 3.05) is 26.3 Å². The van der Waals surface area contributed by atoms with Crippen molar-refractivity contribution < 1.29 is 4.74 Å². The third-order valence-electron chi connectivity index (χ3n) is 2.48. The Morgan fingerprint density at radius 3 is 3.00 bits per heavy atom. The number of nitrogens with zero attached hydrogens (tertiary/aromatic N) is 5. The molecule has 15 heavy (non-hydrogen) atoms. The largest absolute Gasteiger partial charge is 0.378 e.